The quantitative estimate of drug-likeness (QED) is 0.856. The van der Waals surface area contributed by atoms with Crippen molar-refractivity contribution in [1.29, 1.82) is 0 Å². The van der Waals surface area contributed by atoms with Gasteiger partial charge in [0.15, 0.2) is 5.76 Å². The summed E-state index contributed by atoms with van der Waals surface area (Å²) in [5.41, 5.74) is 0.0324. The van der Waals surface area contributed by atoms with Gasteiger partial charge in [0.1, 0.15) is 16.3 Å². The van der Waals surface area contributed by atoms with Crippen LogP contribution in [-0.2, 0) is 6.42 Å². The van der Waals surface area contributed by atoms with E-state index in [1.165, 1.54) is 17.4 Å². The highest BCUT2D eigenvalue weighted by Crippen LogP contribution is 2.21. The third kappa shape index (κ3) is 3.30. The number of rotatable bonds is 6. The number of hydrogen-bond acceptors (Lipinski definition) is 5. The summed E-state index contributed by atoms with van der Waals surface area (Å²) in [6, 6.07) is 1.06. The van der Waals surface area contributed by atoms with Gasteiger partial charge in [0, 0.05) is 24.1 Å². The van der Waals surface area contributed by atoms with Gasteiger partial charge in [0.2, 0.25) is 0 Å². The van der Waals surface area contributed by atoms with Crippen LogP contribution in [0.1, 0.15) is 58.0 Å². The molecule has 1 amide bonds. The number of nitrogens with zero attached hydrogens (tertiary/aromatic N) is 1. The van der Waals surface area contributed by atoms with Crippen molar-refractivity contribution in [1.82, 2.24) is 10.3 Å². The van der Waals surface area contributed by atoms with E-state index in [0.29, 0.717) is 18.6 Å². The van der Waals surface area contributed by atoms with Gasteiger partial charge in [-0.2, -0.15) is 0 Å². The lowest BCUT2D eigenvalue weighted by Crippen LogP contribution is -2.27. The monoisotopic (exact) mass is 308 g/mol. The van der Waals surface area contributed by atoms with E-state index in [-0.39, 0.29) is 17.4 Å². The maximum atomic E-state index is 12.2. The van der Waals surface area contributed by atoms with Gasteiger partial charge in [0.25, 0.3) is 5.91 Å². The summed E-state index contributed by atoms with van der Waals surface area (Å²) in [6.45, 7) is 3.71. The third-order valence-corrected chi connectivity index (χ3v) is 3.94. The fraction of sp³-hybridized carbons (Fsp3) is 0.357. The third-order valence-electron chi connectivity index (χ3n) is 3.05. The molecule has 0 aliphatic rings. The van der Waals surface area contributed by atoms with Crippen molar-refractivity contribution in [3.05, 3.63) is 39.7 Å². The first kappa shape index (κ1) is 15.2. The van der Waals surface area contributed by atoms with Crippen LogP contribution in [-0.4, -0.2) is 22.0 Å². The van der Waals surface area contributed by atoms with Crippen molar-refractivity contribution in [2.75, 3.05) is 0 Å². The number of nitrogens with one attached hydrogen (secondary N) is 1. The Bertz CT molecular complexity index is 633. The Kier molecular flexibility index (Phi) is 4.74. The number of carboxylic acids is 1. The van der Waals surface area contributed by atoms with Crippen LogP contribution in [0.3, 0.4) is 0 Å². The minimum Gasteiger partial charge on any atom is -0.478 e. The molecule has 2 aromatic rings. The Labute approximate surface area is 125 Å². The fourth-order valence-corrected chi connectivity index (χ4v) is 2.73. The van der Waals surface area contributed by atoms with Crippen LogP contribution in [0.2, 0.25) is 0 Å². The maximum absolute atomic E-state index is 12.2. The molecule has 1 atom stereocenters. The molecule has 2 N–H and O–H groups in total. The first-order valence-corrected chi connectivity index (χ1v) is 7.51. The highest BCUT2D eigenvalue weighted by atomic mass is 32.1. The van der Waals surface area contributed by atoms with E-state index >= 15 is 0 Å². The van der Waals surface area contributed by atoms with Crippen molar-refractivity contribution in [2.45, 2.75) is 32.7 Å². The summed E-state index contributed by atoms with van der Waals surface area (Å²) in [5.74, 6) is -1.21. The zero-order valence-corrected chi connectivity index (χ0v) is 12.6. The Morgan fingerprint density at radius 1 is 1.48 bits per heavy atom. The zero-order valence-electron chi connectivity index (χ0n) is 11.8. The van der Waals surface area contributed by atoms with Crippen LogP contribution < -0.4 is 5.32 Å². The number of aromatic carboxylic acids is 1. The van der Waals surface area contributed by atoms with Crippen LogP contribution in [0.25, 0.3) is 0 Å². The van der Waals surface area contributed by atoms with Gasteiger partial charge in [0.05, 0.1) is 6.04 Å². The normalized spacial score (nSPS) is 12.1. The summed E-state index contributed by atoms with van der Waals surface area (Å²) in [7, 11) is 0. The number of aryl methyl sites for hydroxylation is 1. The van der Waals surface area contributed by atoms with Gasteiger partial charge in [-0.1, -0.05) is 13.8 Å². The van der Waals surface area contributed by atoms with Crippen LogP contribution in [0.4, 0.5) is 0 Å². The lowest BCUT2D eigenvalue weighted by molar-refractivity contribution is 0.0694. The lowest BCUT2D eigenvalue weighted by atomic mass is 10.2. The predicted molar refractivity (Wildman–Crippen MR) is 77.7 cm³/mol. The van der Waals surface area contributed by atoms with Gasteiger partial charge in [-0.3, -0.25) is 4.79 Å². The summed E-state index contributed by atoms with van der Waals surface area (Å²) >= 11 is 1.46. The van der Waals surface area contributed by atoms with Gasteiger partial charge in [-0.15, -0.1) is 11.3 Å². The molecule has 1 unspecified atom stereocenters. The highest BCUT2D eigenvalue weighted by molar-refractivity contribution is 7.09. The van der Waals surface area contributed by atoms with Crippen LogP contribution in [0.15, 0.2) is 22.1 Å². The second-order valence-corrected chi connectivity index (χ2v) is 5.34. The van der Waals surface area contributed by atoms with E-state index in [1.807, 2.05) is 12.3 Å². The second-order valence-electron chi connectivity index (χ2n) is 4.41. The molecule has 0 saturated heterocycles. The van der Waals surface area contributed by atoms with E-state index in [1.54, 1.807) is 13.1 Å². The Balaban J connectivity index is 2.18. The van der Waals surface area contributed by atoms with Crippen molar-refractivity contribution in [3.63, 3.8) is 0 Å². The number of hydrogen-bond donors (Lipinski definition) is 2. The standard InChI is InChI=1S/C14H16N2O4S/c1-3-9(13-15-5-6-21-13)16-12(17)11-7-8(14(18)19)10(4-2)20-11/h5-7,9H,3-4H2,1-2H3,(H,16,17)(H,18,19). The van der Waals surface area contributed by atoms with Crippen molar-refractivity contribution in [2.24, 2.45) is 0 Å². The van der Waals surface area contributed by atoms with Crippen molar-refractivity contribution >= 4 is 23.2 Å². The van der Waals surface area contributed by atoms with Crippen molar-refractivity contribution in [3.8, 4) is 0 Å². The van der Waals surface area contributed by atoms with E-state index in [0.717, 1.165) is 5.01 Å². The number of carbonyl (C=O) groups excluding carboxylic acids is 1. The molecule has 7 heteroatoms. The molecule has 0 fully saturated rings. The Hall–Kier alpha value is -2.15. The molecule has 6 nitrogen and oxygen atoms in total. The number of amides is 1. The molecule has 0 aliphatic carbocycles. The number of thiazole rings is 1. The number of carbonyl (C=O) groups is 2. The van der Waals surface area contributed by atoms with Gasteiger partial charge in [-0.05, 0) is 6.42 Å². The Morgan fingerprint density at radius 2 is 2.24 bits per heavy atom. The molecule has 0 radical (unpaired) electrons. The first-order chi connectivity index (χ1) is 10.1. The van der Waals surface area contributed by atoms with E-state index in [2.05, 4.69) is 10.3 Å². The summed E-state index contributed by atoms with van der Waals surface area (Å²) in [4.78, 5) is 27.5. The lowest BCUT2D eigenvalue weighted by Gasteiger charge is -2.13. The first-order valence-electron chi connectivity index (χ1n) is 6.63. The molecule has 0 bridgehead atoms. The second kappa shape index (κ2) is 6.53. The number of furan rings is 1. The number of aromatic nitrogens is 1. The SMILES string of the molecule is CCc1oc(C(=O)NC(CC)c2nccs2)cc1C(=O)O. The molecule has 2 aromatic heterocycles. The smallest absolute Gasteiger partial charge is 0.339 e. The average molecular weight is 308 g/mol. The molecular formula is C14H16N2O4S. The van der Waals surface area contributed by atoms with E-state index in [9.17, 15) is 9.59 Å². The Morgan fingerprint density at radius 3 is 2.71 bits per heavy atom. The van der Waals surface area contributed by atoms with E-state index in [4.69, 9.17) is 9.52 Å². The molecule has 0 spiro atoms. The largest absolute Gasteiger partial charge is 0.478 e. The molecule has 112 valence electrons. The molecule has 0 aromatic carbocycles. The van der Waals surface area contributed by atoms with Crippen molar-refractivity contribution < 1.29 is 19.1 Å². The predicted octanol–water partition coefficient (Wildman–Crippen LogP) is 2.88. The molecule has 2 heterocycles. The van der Waals surface area contributed by atoms with Gasteiger partial charge >= 0.3 is 5.97 Å². The fourth-order valence-electron chi connectivity index (χ4n) is 1.96. The minimum absolute atomic E-state index is 0.0132. The minimum atomic E-state index is -1.10. The van der Waals surface area contributed by atoms with Gasteiger partial charge in [-0.25, -0.2) is 9.78 Å². The molecule has 0 aliphatic heterocycles. The van der Waals surface area contributed by atoms with Gasteiger partial charge < -0.3 is 14.8 Å². The average Bonchev–Trinajstić information content (AvgIpc) is 3.12. The molecule has 0 saturated carbocycles. The van der Waals surface area contributed by atoms with Crippen LogP contribution >= 0.6 is 11.3 Å². The maximum Gasteiger partial charge on any atom is 0.339 e. The van der Waals surface area contributed by atoms with Crippen LogP contribution in [0.5, 0.6) is 0 Å². The summed E-state index contributed by atoms with van der Waals surface area (Å²) in [6.07, 6.45) is 2.78. The molecule has 2 rings (SSSR count). The summed E-state index contributed by atoms with van der Waals surface area (Å²) in [5, 5.41) is 14.5. The highest BCUT2D eigenvalue weighted by Gasteiger charge is 2.22. The topological polar surface area (TPSA) is 92.4 Å². The zero-order chi connectivity index (χ0) is 15.4. The van der Waals surface area contributed by atoms with Crippen LogP contribution in [0, 0.1) is 0 Å². The summed E-state index contributed by atoms with van der Waals surface area (Å²) < 4.78 is 5.34. The van der Waals surface area contributed by atoms with E-state index < -0.39 is 11.9 Å². The number of carboxylic acid groups (broad SMARTS) is 1. The molecular weight excluding hydrogens is 292 g/mol. The molecule has 21 heavy (non-hydrogen) atoms.